The number of aromatic nitrogens is 3. The molecule has 30 heavy (non-hydrogen) atoms. The van der Waals surface area contributed by atoms with Crippen LogP contribution in [0.15, 0.2) is 48.7 Å². The predicted molar refractivity (Wildman–Crippen MR) is 112 cm³/mol. The first kappa shape index (κ1) is 20.2. The number of nitrogens with zero attached hydrogens (tertiary/aromatic N) is 3. The Balaban J connectivity index is 1.32. The van der Waals surface area contributed by atoms with E-state index in [1.165, 1.54) is 6.20 Å². The van der Waals surface area contributed by atoms with Crippen molar-refractivity contribution >= 4 is 23.3 Å². The van der Waals surface area contributed by atoms with Crippen LogP contribution in [0.2, 0.25) is 5.02 Å². The molecule has 0 bridgehead atoms. The average Bonchev–Trinajstić information content (AvgIpc) is 3.24. The number of nitrogen functional groups attached to an aromatic ring is 1. The van der Waals surface area contributed by atoms with E-state index in [1.54, 1.807) is 29.2 Å². The second-order valence-corrected chi connectivity index (χ2v) is 7.39. The molecule has 4 rings (SSSR count). The quantitative estimate of drug-likeness (QED) is 0.626. The first-order valence-corrected chi connectivity index (χ1v) is 10.0. The van der Waals surface area contributed by atoms with Crippen LogP contribution >= 0.6 is 11.6 Å². The summed E-state index contributed by atoms with van der Waals surface area (Å²) in [5, 5.41) is 8.06. The number of halogens is 1. The monoisotopic (exact) mass is 427 g/mol. The Labute approximate surface area is 179 Å². The first-order valence-electron chi connectivity index (χ1n) is 9.63. The maximum atomic E-state index is 12.7. The van der Waals surface area contributed by atoms with Gasteiger partial charge in [-0.3, -0.25) is 9.89 Å². The highest BCUT2D eigenvalue weighted by Gasteiger charge is 2.27. The lowest BCUT2D eigenvalue weighted by Crippen LogP contribution is -2.42. The number of morpholine rings is 1. The van der Waals surface area contributed by atoms with Crippen LogP contribution in [-0.2, 0) is 11.2 Å². The van der Waals surface area contributed by atoms with Gasteiger partial charge in [0.25, 0.3) is 5.91 Å². The normalized spacial score (nSPS) is 16.4. The fourth-order valence-electron chi connectivity index (χ4n) is 3.21. The van der Waals surface area contributed by atoms with Crippen LogP contribution in [0.3, 0.4) is 0 Å². The lowest BCUT2D eigenvalue weighted by Gasteiger charge is -2.32. The first-order chi connectivity index (χ1) is 14.6. The van der Waals surface area contributed by atoms with Gasteiger partial charge < -0.3 is 20.1 Å². The number of benzene rings is 1. The molecule has 3 aromatic rings. The largest absolute Gasteiger partial charge is 0.493 e. The summed E-state index contributed by atoms with van der Waals surface area (Å²) in [6.45, 7) is 1.89. The van der Waals surface area contributed by atoms with Crippen LogP contribution in [0, 0.1) is 0 Å². The van der Waals surface area contributed by atoms with Gasteiger partial charge in [-0.05, 0) is 42.5 Å². The van der Waals surface area contributed by atoms with Gasteiger partial charge in [0.2, 0.25) is 0 Å². The molecule has 1 aliphatic heterocycles. The summed E-state index contributed by atoms with van der Waals surface area (Å²) in [6, 6.07) is 12.5. The van der Waals surface area contributed by atoms with E-state index in [-0.39, 0.29) is 12.0 Å². The molecule has 1 aromatic carbocycles. The van der Waals surface area contributed by atoms with Gasteiger partial charge in [0.05, 0.1) is 31.0 Å². The molecule has 8 nitrogen and oxygen atoms in total. The summed E-state index contributed by atoms with van der Waals surface area (Å²) in [5.41, 5.74) is 7.81. The molecule has 1 unspecified atom stereocenters. The lowest BCUT2D eigenvalue weighted by atomic mass is 10.1. The van der Waals surface area contributed by atoms with Crippen LogP contribution in [-0.4, -0.2) is 52.3 Å². The topological polar surface area (TPSA) is 106 Å². The number of ether oxygens (including phenoxy) is 2. The molecule has 1 amide bonds. The van der Waals surface area contributed by atoms with Crippen molar-refractivity contribution in [3.63, 3.8) is 0 Å². The number of hydrogen-bond donors (Lipinski definition) is 2. The van der Waals surface area contributed by atoms with Crippen molar-refractivity contribution in [3.05, 3.63) is 70.6 Å². The van der Waals surface area contributed by atoms with E-state index >= 15 is 0 Å². The SMILES string of the molecule is Nc1ccc(C(=O)N2CCOC(c3cc(CCOc4ccc(Cl)cc4)[nH]n3)C2)cn1. The third kappa shape index (κ3) is 4.90. The van der Waals surface area contributed by atoms with Crippen molar-refractivity contribution < 1.29 is 14.3 Å². The second-order valence-electron chi connectivity index (χ2n) is 6.95. The average molecular weight is 428 g/mol. The molecule has 0 aliphatic carbocycles. The summed E-state index contributed by atoms with van der Waals surface area (Å²) in [4.78, 5) is 18.5. The molecule has 1 aliphatic rings. The van der Waals surface area contributed by atoms with Crippen molar-refractivity contribution in [2.24, 2.45) is 0 Å². The van der Waals surface area contributed by atoms with E-state index in [4.69, 9.17) is 26.8 Å². The fourth-order valence-corrected chi connectivity index (χ4v) is 3.34. The number of carbonyl (C=O) groups is 1. The molecule has 1 fully saturated rings. The number of rotatable bonds is 6. The zero-order chi connectivity index (χ0) is 20.9. The van der Waals surface area contributed by atoms with Gasteiger partial charge in [0, 0.05) is 29.9 Å². The van der Waals surface area contributed by atoms with E-state index < -0.39 is 0 Å². The number of nitrogens with one attached hydrogen (secondary N) is 1. The number of amides is 1. The van der Waals surface area contributed by atoms with Gasteiger partial charge in [0.15, 0.2) is 0 Å². The highest BCUT2D eigenvalue weighted by atomic mass is 35.5. The van der Waals surface area contributed by atoms with Gasteiger partial charge in [-0.2, -0.15) is 5.10 Å². The van der Waals surface area contributed by atoms with Gasteiger partial charge >= 0.3 is 0 Å². The minimum atomic E-state index is -0.286. The summed E-state index contributed by atoms with van der Waals surface area (Å²) in [5.74, 6) is 1.06. The Morgan fingerprint density at radius 2 is 2.13 bits per heavy atom. The molecule has 0 spiro atoms. The highest BCUT2D eigenvalue weighted by Crippen LogP contribution is 2.23. The summed E-state index contributed by atoms with van der Waals surface area (Å²) in [7, 11) is 0. The summed E-state index contributed by atoms with van der Waals surface area (Å²) in [6.07, 6.45) is 1.88. The molecular formula is C21H22ClN5O3. The zero-order valence-corrected chi connectivity index (χ0v) is 17.0. The number of H-pyrrole nitrogens is 1. The Bertz CT molecular complexity index is 991. The van der Waals surface area contributed by atoms with Crippen molar-refractivity contribution in [1.29, 1.82) is 0 Å². The zero-order valence-electron chi connectivity index (χ0n) is 16.3. The molecule has 1 atom stereocenters. The highest BCUT2D eigenvalue weighted by molar-refractivity contribution is 6.30. The molecule has 0 saturated carbocycles. The maximum Gasteiger partial charge on any atom is 0.255 e. The molecule has 156 valence electrons. The Kier molecular flexibility index (Phi) is 6.15. The van der Waals surface area contributed by atoms with Crippen molar-refractivity contribution in [2.45, 2.75) is 12.5 Å². The molecular weight excluding hydrogens is 406 g/mol. The van der Waals surface area contributed by atoms with Gasteiger partial charge in [-0.25, -0.2) is 4.98 Å². The van der Waals surface area contributed by atoms with E-state index in [0.717, 1.165) is 17.1 Å². The summed E-state index contributed by atoms with van der Waals surface area (Å²) >= 11 is 5.88. The van der Waals surface area contributed by atoms with Crippen LogP contribution in [0.1, 0.15) is 27.8 Å². The molecule has 0 radical (unpaired) electrons. The van der Waals surface area contributed by atoms with Crippen LogP contribution in [0.4, 0.5) is 5.82 Å². The van der Waals surface area contributed by atoms with E-state index in [1.807, 2.05) is 18.2 Å². The molecule has 2 aromatic heterocycles. The lowest BCUT2D eigenvalue weighted by molar-refractivity contribution is -0.0247. The van der Waals surface area contributed by atoms with Crippen LogP contribution in [0.25, 0.3) is 0 Å². The van der Waals surface area contributed by atoms with Gasteiger partial charge in [-0.1, -0.05) is 11.6 Å². The molecule has 3 N–H and O–H groups in total. The number of nitrogens with two attached hydrogens (primary N) is 1. The van der Waals surface area contributed by atoms with Gasteiger partial charge in [-0.15, -0.1) is 0 Å². The number of pyridine rings is 1. The standard InChI is InChI=1S/C21H22ClN5O3/c22-15-2-4-17(5-3-15)29-9-7-16-11-18(26-25-16)19-13-27(8-10-30-19)21(28)14-1-6-20(23)24-12-14/h1-6,11-12,19H,7-10,13H2,(H2,23,24)(H,25,26). The Morgan fingerprint density at radius 1 is 1.30 bits per heavy atom. The predicted octanol–water partition coefficient (Wildman–Crippen LogP) is 2.88. The number of hydrogen-bond acceptors (Lipinski definition) is 6. The van der Waals surface area contributed by atoms with Crippen molar-refractivity contribution in [2.75, 3.05) is 32.0 Å². The molecule has 9 heteroatoms. The Hall–Kier alpha value is -3.10. The van der Waals surface area contributed by atoms with Crippen LogP contribution < -0.4 is 10.5 Å². The second kappa shape index (κ2) is 9.15. The third-order valence-corrected chi connectivity index (χ3v) is 5.07. The van der Waals surface area contributed by atoms with Crippen molar-refractivity contribution in [3.8, 4) is 5.75 Å². The minimum absolute atomic E-state index is 0.0945. The third-order valence-electron chi connectivity index (χ3n) is 4.82. The minimum Gasteiger partial charge on any atom is -0.493 e. The number of aromatic amines is 1. The molecule has 1 saturated heterocycles. The Morgan fingerprint density at radius 3 is 2.90 bits per heavy atom. The van der Waals surface area contributed by atoms with E-state index in [9.17, 15) is 4.79 Å². The van der Waals surface area contributed by atoms with E-state index in [2.05, 4.69) is 15.2 Å². The fraction of sp³-hybridized carbons (Fsp3) is 0.286. The van der Waals surface area contributed by atoms with Crippen LogP contribution in [0.5, 0.6) is 5.75 Å². The number of carbonyl (C=O) groups excluding carboxylic acids is 1. The maximum absolute atomic E-state index is 12.7. The smallest absolute Gasteiger partial charge is 0.255 e. The van der Waals surface area contributed by atoms with E-state index in [0.29, 0.717) is 49.1 Å². The van der Waals surface area contributed by atoms with Crippen molar-refractivity contribution in [1.82, 2.24) is 20.1 Å². The number of anilines is 1. The molecule has 3 heterocycles. The summed E-state index contributed by atoms with van der Waals surface area (Å²) < 4.78 is 11.6. The van der Waals surface area contributed by atoms with Gasteiger partial charge in [0.1, 0.15) is 17.7 Å².